The quantitative estimate of drug-likeness (QED) is 0.171. The Hall–Kier alpha value is -6.19. The minimum Gasteiger partial charge on any atom is -0.468 e. The number of halogens is 3. The standard InChI is InChI=1S/C35H31F3N8O5/c1-21-42-30(44-51-21)24-8-7-23-9-11-39-31(26(23)15-24)43-25(17-41-34(48)49-19-22-5-3-2-4-6-22)18-45-13-14-46-28-10-12-40-32(50-20-35(36,37)38)27(28)16-29(46)33(45)47/h2-12,15-16,25H,13-14,17-20H2,1H3,(H,39,43)(H,41,48)/t25-/m0/s1. The van der Waals surface area contributed by atoms with Crippen molar-refractivity contribution < 1.29 is 36.8 Å². The molecule has 0 fully saturated rings. The molecule has 2 N–H and O–H groups in total. The van der Waals surface area contributed by atoms with Gasteiger partial charge in [0, 0.05) is 56.4 Å². The largest absolute Gasteiger partial charge is 0.468 e. The van der Waals surface area contributed by atoms with Crippen LogP contribution < -0.4 is 15.4 Å². The number of pyridine rings is 2. The van der Waals surface area contributed by atoms with Gasteiger partial charge >= 0.3 is 12.3 Å². The molecule has 0 aliphatic carbocycles. The average molecular weight is 701 g/mol. The minimum atomic E-state index is -4.55. The van der Waals surface area contributed by atoms with Crippen molar-refractivity contribution in [2.24, 2.45) is 0 Å². The molecule has 2 aromatic carbocycles. The van der Waals surface area contributed by atoms with Crippen LogP contribution >= 0.6 is 0 Å². The van der Waals surface area contributed by atoms with Crippen LogP contribution in [0.3, 0.4) is 0 Å². The molecule has 0 radical (unpaired) electrons. The van der Waals surface area contributed by atoms with Gasteiger partial charge in [0.15, 0.2) is 6.61 Å². The average Bonchev–Trinajstić information content (AvgIpc) is 3.74. The third-order valence-electron chi connectivity index (χ3n) is 8.30. The summed E-state index contributed by atoms with van der Waals surface area (Å²) in [6.07, 6.45) is -2.19. The highest BCUT2D eigenvalue weighted by Gasteiger charge is 2.32. The predicted molar refractivity (Wildman–Crippen MR) is 179 cm³/mol. The van der Waals surface area contributed by atoms with Gasteiger partial charge in [-0.2, -0.15) is 18.2 Å². The lowest BCUT2D eigenvalue weighted by Crippen LogP contribution is -2.49. The number of carbonyl (C=O) groups excluding carboxylic acids is 2. The number of hydrogen-bond donors (Lipinski definition) is 2. The summed E-state index contributed by atoms with van der Waals surface area (Å²) in [6, 6.07) is 19.3. The summed E-state index contributed by atoms with van der Waals surface area (Å²) >= 11 is 0. The Morgan fingerprint density at radius 3 is 2.63 bits per heavy atom. The predicted octanol–water partition coefficient (Wildman–Crippen LogP) is 5.75. The highest BCUT2D eigenvalue weighted by molar-refractivity contribution is 6.01. The van der Waals surface area contributed by atoms with E-state index >= 15 is 0 Å². The van der Waals surface area contributed by atoms with Crippen molar-refractivity contribution in [3.05, 3.63) is 96.3 Å². The van der Waals surface area contributed by atoms with Gasteiger partial charge in [0.05, 0.1) is 16.9 Å². The number of hydrogen-bond acceptors (Lipinski definition) is 10. The summed E-state index contributed by atoms with van der Waals surface area (Å²) in [5.41, 5.74) is 2.35. The van der Waals surface area contributed by atoms with Crippen LogP contribution in [0.1, 0.15) is 21.9 Å². The lowest BCUT2D eigenvalue weighted by atomic mass is 10.1. The zero-order valence-electron chi connectivity index (χ0n) is 27.2. The number of aryl methyl sites for hydroxylation is 1. The molecule has 7 rings (SSSR count). The summed E-state index contributed by atoms with van der Waals surface area (Å²) in [6.45, 7) is 1.12. The van der Waals surface area contributed by atoms with E-state index < -0.39 is 24.9 Å². The maximum Gasteiger partial charge on any atom is 0.422 e. The second kappa shape index (κ2) is 14.0. The first kappa shape index (κ1) is 33.3. The van der Waals surface area contributed by atoms with Crippen LogP contribution in [-0.2, 0) is 17.9 Å². The van der Waals surface area contributed by atoms with Crippen molar-refractivity contribution in [3.8, 4) is 17.3 Å². The first-order valence-electron chi connectivity index (χ1n) is 16.0. The molecule has 1 aliphatic heterocycles. The number of anilines is 1. The van der Waals surface area contributed by atoms with Crippen molar-refractivity contribution in [2.75, 3.05) is 31.6 Å². The molecule has 6 aromatic rings. The molecule has 13 nitrogen and oxygen atoms in total. The number of rotatable bonds is 11. The summed E-state index contributed by atoms with van der Waals surface area (Å²) in [5.74, 6) is 0.779. The van der Waals surface area contributed by atoms with Gasteiger partial charge in [0.25, 0.3) is 5.91 Å². The number of carbonyl (C=O) groups is 2. The second-order valence-electron chi connectivity index (χ2n) is 11.9. The third-order valence-corrected chi connectivity index (χ3v) is 8.30. The molecule has 1 aliphatic rings. The van der Waals surface area contributed by atoms with Crippen molar-refractivity contribution in [1.29, 1.82) is 0 Å². The van der Waals surface area contributed by atoms with Gasteiger partial charge in [0.1, 0.15) is 18.1 Å². The zero-order valence-corrected chi connectivity index (χ0v) is 27.2. The molecule has 0 saturated carbocycles. The van der Waals surface area contributed by atoms with Crippen molar-refractivity contribution in [1.82, 2.24) is 34.9 Å². The second-order valence-corrected chi connectivity index (χ2v) is 11.9. The van der Waals surface area contributed by atoms with E-state index in [1.54, 1.807) is 28.7 Å². The van der Waals surface area contributed by atoms with Crippen LogP contribution in [0.2, 0.25) is 0 Å². The number of fused-ring (bicyclic) bond motifs is 4. The number of amides is 2. The Morgan fingerprint density at radius 1 is 1.02 bits per heavy atom. The highest BCUT2D eigenvalue weighted by Crippen LogP contribution is 2.31. The lowest BCUT2D eigenvalue weighted by molar-refractivity contribution is -0.153. The molecule has 5 heterocycles. The molecule has 1 atom stereocenters. The maximum absolute atomic E-state index is 13.9. The summed E-state index contributed by atoms with van der Waals surface area (Å²) in [7, 11) is 0. The monoisotopic (exact) mass is 700 g/mol. The van der Waals surface area contributed by atoms with Crippen molar-refractivity contribution >= 4 is 39.5 Å². The van der Waals surface area contributed by atoms with E-state index in [1.165, 1.54) is 12.3 Å². The minimum absolute atomic E-state index is 0.0571. The van der Waals surface area contributed by atoms with Gasteiger partial charge in [-0.25, -0.2) is 14.8 Å². The van der Waals surface area contributed by atoms with E-state index in [0.717, 1.165) is 16.3 Å². The molecule has 4 aromatic heterocycles. The fourth-order valence-electron chi connectivity index (χ4n) is 5.94. The van der Waals surface area contributed by atoms with Crippen LogP contribution in [0.5, 0.6) is 5.88 Å². The van der Waals surface area contributed by atoms with Gasteiger partial charge in [-0.05, 0) is 35.2 Å². The topological polar surface area (TPSA) is 150 Å². The Kier molecular flexibility index (Phi) is 9.13. The van der Waals surface area contributed by atoms with Crippen LogP contribution in [0.4, 0.5) is 23.8 Å². The molecule has 0 unspecified atom stereocenters. The Balaban J connectivity index is 1.14. The third kappa shape index (κ3) is 7.54. The van der Waals surface area contributed by atoms with E-state index in [4.69, 9.17) is 14.0 Å². The van der Waals surface area contributed by atoms with E-state index in [9.17, 15) is 22.8 Å². The van der Waals surface area contributed by atoms with Gasteiger partial charge in [0.2, 0.25) is 17.6 Å². The number of aromatic nitrogens is 5. The van der Waals surface area contributed by atoms with Crippen molar-refractivity contribution in [2.45, 2.75) is 32.3 Å². The molecule has 51 heavy (non-hydrogen) atoms. The Bertz CT molecular complexity index is 2200. The van der Waals surface area contributed by atoms with Crippen molar-refractivity contribution in [3.63, 3.8) is 0 Å². The summed E-state index contributed by atoms with van der Waals surface area (Å²) in [4.78, 5) is 41.2. The fourth-order valence-corrected chi connectivity index (χ4v) is 5.94. The maximum atomic E-state index is 13.9. The molecular weight excluding hydrogens is 669 g/mol. The first-order valence-corrected chi connectivity index (χ1v) is 16.0. The van der Waals surface area contributed by atoms with E-state index in [0.29, 0.717) is 40.5 Å². The first-order chi connectivity index (χ1) is 24.6. The SMILES string of the molecule is Cc1nc(-c2ccc3ccnc(N[C@@H](CNC(=O)OCc4ccccc4)CN4CCn5c(cc6c(OCC(F)(F)F)nccc65)C4=O)c3c2)no1. The molecule has 16 heteroatoms. The van der Waals surface area contributed by atoms with Gasteiger partial charge in [-0.3, -0.25) is 4.79 Å². The molecule has 0 saturated heterocycles. The Labute approximate surface area is 288 Å². The van der Waals surface area contributed by atoms with Crippen LogP contribution in [-0.4, -0.2) is 80.0 Å². The lowest BCUT2D eigenvalue weighted by Gasteiger charge is -2.32. The number of ether oxygens (including phenoxy) is 2. The summed E-state index contributed by atoms with van der Waals surface area (Å²) in [5, 5.41) is 12.2. The molecule has 262 valence electrons. The number of nitrogens with zero attached hydrogens (tertiary/aromatic N) is 6. The molecule has 0 spiro atoms. The Morgan fingerprint density at radius 2 is 1.84 bits per heavy atom. The fraction of sp³-hybridized carbons (Fsp3) is 0.257. The number of nitrogens with one attached hydrogen (secondary N) is 2. The van der Waals surface area contributed by atoms with Crippen LogP contribution in [0.15, 0.2) is 83.6 Å². The van der Waals surface area contributed by atoms with E-state index in [-0.39, 0.29) is 43.7 Å². The molecule has 2 amide bonds. The van der Waals surface area contributed by atoms with E-state index in [1.807, 2.05) is 54.6 Å². The number of alkyl halides is 3. The number of benzene rings is 2. The van der Waals surface area contributed by atoms with Gasteiger partial charge < -0.3 is 34.1 Å². The molecular formula is C35H31F3N8O5. The summed E-state index contributed by atoms with van der Waals surface area (Å²) < 4.78 is 56.0. The highest BCUT2D eigenvalue weighted by atomic mass is 19.4. The van der Waals surface area contributed by atoms with Gasteiger partial charge in [-0.1, -0.05) is 47.6 Å². The van der Waals surface area contributed by atoms with Gasteiger partial charge in [-0.15, -0.1) is 0 Å². The van der Waals surface area contributed by atoms with E-state index in [2.05, 4.69) is 30.7 Å². The smallest absolute Gasteiger partial charge is 0.422 e. The zero-order chi connectivity index (χ0) is 35.5. The normalized spacial score (nSPS) is 13.6. The molecule has 0 bridgehead atoms. The van der Waals surface area contributed by atoms with Crippen LogP contribution in [0.25, 0.3) is 33.1 Å². The van der Waals surface area contributed by atoms with Crippen LogP contribution in [0, 0.1) is 6.92 Å². The number of alkyl carbamates (subject to hydrolysis) is 1.